The fourth-order valence-corrected chi connectivity index (χ4v) is 1.19. The Morgan fingerprint density at radius 1 is 1.67 bits per heavy atom. The van der Waals surface area contributed by atoms with E-state index in [-0.39, 0.29) is 0 Å². The number of aromatic nitrogens is 1. The summed E-state index contributed by atoms with van der Waals surface area (Å²) in [6, 6.07) is 0.522. The zero-order valence-corrected chi connectivity index (χ0v) is 9.09. The second kappa shape index (κ2) is 5.34. The number of carbonyl (C=O) groups is 1. The molecule has 0 saturated carbocycles. The van der Waals surface area contributed by atoms with Crippen LogP contribution in [0.5, 0.6) is 5.75 Å². The standard InChI is InChI=1S/C9H8F2N2O5/c1-18-7(15)3-5-6(14)2-4(8(10)11)9(12-5)13(16)17/h2,8,14H,3H2,1H3. The summed E-state index contributed by atoms with van der Waals surface area (Å²) in [6.07, 6.45) is -3.71. The molecule has 1 N–H and O–H groups in total. The van der Waals surface area contributed by atoms with E-state index >= 15 is 0 Å². The third-order valence-corrected chi connectivity index (χ3v) is 2.03. The minimum absolute atomic E-state index is 0.391. The van der Waals surface area contributed by atoms with Crippen molar-refractivity contribution >= 4 is 11.8 Å². The summed E-state index contributed by atoms with van der Waals surface area (Å²) in [6.45, 7) is 0. The normalized spacial score (nSPS) is 10.4. The van der Waals surface area contributed by atoms with E-state index in [1.807, 2.05) is 0 Å². The van der Waals surface area contributed by atoms with Gasteiger partial charge in [0.05, 0.1) is 7.11 Å². The van der Waals surface area contributed by atoms with Gasteiger partial charge in [0.15, 0.2) is 5.75 Å². The van der Waals surface area contributed by atoms with Crippen LogP contribution in [0.3, 0.4) is 0 Å². The zero-order chi connectivity index (χ0) is 13.9. The number of aromatic hydroxyl groups is 1. The van der Waals surface area contributed by atoms with Gasteiger partial charge in [-0.3, -0.25) is 4.79 Å². The summed E-state index contributed by atoms with van der Waals surface area (Å²) in [5, 5.41) is 19.9. The maximum atomic E-state index is 12.5. The van der Waals surface area contributed by atoms with Gasteiger partial charge in [-0.2, -0.15) is 0 Å². The highest BCUT2D eigenvalue weighted by Crippen LogP contribution is 2.32. The van der Waals surface area contributed by atoms with Crippen molar-refractivity contribution in [3.8, 4) is 5.75 Å². The molecule has 7 nitrogen and oxygen atoms in total. The molecule has 0 amide bonds. The van der Waals surface area contributed by atoms with Gasteiger partial charge in [-0.05, 0) is 9.91 Å². The van der Waals surface area contributed by atoms with Gasteiger partial charge >= 0.3 is 11.8 Å². The minimum Gasteiger partial charge on any atom is -0.504 e. The fraction of sp³-hybridized carbons (Fsp3) is 0.333. The topological polar surface area (TPSA) is 103 Å². The molecule has 1 heterocycles. The van der Waals surface area contributed by atoms with Gasteiger partial charge in [0.1, 0.15) is 12.0 Å². The molecule has 0 unspecified atom stereocenters. The maximum Gasteiger partial charge on any atom is 0.372 e. The van der Waals surface area contributed by atoms with E-state index in [1.54, 1.807) is 0 Å². The van der Waals surface area contributed by atoms with Crippen LogP contribution < -0.4 is 0 Å². The highest BCUT2D eigenvalue weighted by Gasteiger charge is 2.28. The monoisotopic (exact) mass is 262 g/mol. The van der Waals surface area contributed by atoms with Crippen LogP contribution in [-0.4, -0.2) is 28.1 Å². The number of esters is 1. The summed E-state index contributed by atoms with van der Waals surface area (Å²) in [4.78, 5) is 23.6. The molecule has 0 bridgehead atoms. The molecule has 0 atom stereocenters. The molecule has 1 aromatic heterocycles. The lowest BCUT2D eigenvalue weighted by molar-refractivity contribution is -0.391. The van der Waals surface area contributed by atoms with Crippen LogP contribution in [-0.2, 0) is 16.0 Å². The number of methoxy groups -OCH3 is 1. The number of alkyl halides is 2. The summed E-state index contributed by atoms with van der Waals surface area (Å²) in [5.74, 6) is -2.63. The fourth-order valence-electron chi connectivity index (χ4n) is 1.19. The molecular formula is C9H8F2N2O5. The van der Waals surface area contributed by atoms with Crippen molar-refractivity contribution in [1.29, 1.82) is 0 Å². The number of nitrogens with zero attached hydrogens (tertiary/aromatic N) is 2. The first kappa shape index (κ1) is 13.7. The summed E-state index contributed by atoms with van der Waals surface area (Å²) in [5.41, 5.74) is -1.40. The third kappa shape index (κ3) is 2.87. The summed E-state index contributed by atoms with van der Waals surface area (Å²) >= 11 is 0. The number of rotatable bonds is 4. The van der Waals surface area contributed by atoms with Crippen molar-refractivity contribution in [2.45, 2.75) is 12.8 Å². The first-order valence-corrected chi connectivity index (χ1v) is 4.59. The number of hydrogen-bond donors (Lipinski definition) is 1. The van der Waals surface area contributed by atoms with E-state index in [2.05, 4.69) is 9.72 Å². The average molecular weight is 262 g/mol. The Bertz CT molecular complexity index is 492. The van der Waals surface area contributed by atoms with E-state index in [1.165, 1.54) is 0 Å². The van der Waals surface area contributed by atoms with Crippen molar-refractivity contribution in [2.75, 3.05) is 7.11 Å². The molecule has 1 rings (SSSR count). The molecule has 0 aliphatic rings. The lowest BCUT2D eigenvalue weighted by Crippen LogP contribution is -2.09. The molecule has 0 aliphatic heterocycles. The molecule has 0 radical (unpaired) electrons. The molecule has 0 fully saturated rings. The lowest BCUT2D eigenvalue weighted by atomic mass is 10.2. The van der Waals surface area contributed by atoms with Crippen molar-refractivity contribution in [3.63, 3.8) is 0 Å². The highest BCUT2D eigenvalue weighted by molar-refractivity contribution is 5.72. The van der Waals surface area contributed by atoms with Gasteiger partial charge in [-0.1, -0.05) is 0 Å². The van der Waals surface area contributed by atoms with E-state index in [9.17, 15) is 28.8 Å². The largest absolute Gasteiger partial charge is 0.504 e. The molecule has 0 spiro atoms. The number of carbonyl (C=O) groups excluding carboxylic acids is 1. The Balaban J connectivity index is 3.27. The number of ether oxygens (including phenoxy) is 1. The van der Waals surface area contributed by atoms with Crippen molar-refractivity contribution in [3.05, 3.63) is 27.4 Å². The predicted octanol–water partition coefficient (Wildman–Crippen LogP) is 1.35. The maximum absolute atomic E-state index is 12.5. The van der Waals surface area contributed by atoms with Crippen LogP contribution in [0.25, 0.3) is 0 Å². The van der Waals surface area contributed by atoms with Crippen LogP contribution in [0.15, 0.2) is 6.07 Å². The van der Waals surface area contributed by atoms with Crippen molar-refractivity contribution in [2.24, 2.45) is 0 Å². The van der Waals surface area contributed by atoms with Gasteiger partial charge in [-0.15, -0.1) is 0 Å². The van der Waals surface area contributed by atoms with Gasteiger partial charge in [0.25, 0.3) is 6.43 Å². The third-order valence-electron chi connectivity index (χ3n) is 2.03. The Kier molecular flexibility index (Phi) is 4.08. The molecule has 1 aromatic rings. The van der Waals surface area contributed by atoms with E-state index < -0.39 is 46.6 Å². The van der Waals surface area contributed by atoms with Gasteiger partial charge in [0.2, 0.25) is 5.69 Å². The molecule has 9 heteroatoms. The summed E-state index contributed by atoms with van der Waals surface area (Å²) in [7, 11) is 1.07. The van der Waals surface area contributed by atoms with E-state index in [0.29, 0.717) is 6.07 Å². The second-order valence-corrected chi connectivity index (χ2v) is 3.18. The van der Waals surface area contributed by atoms with Crippen LogP contribution in [0.1, 0.15) is 17.7 Å². The Labute approximate surface area is 99.2 Å². The number of pyridine rings is 1. The van der Waals surface area contributed by atoms with Crippen LogP contribution in [0, 0.1) is 10.1 Å². The number of halogens is 2. The van der Waals surface area contributed by atoms with Crippen molar-refractivity contribution < 1.29 is 28.3 Å². The van der Waals surface area contributed by atoms with Gasteiger partial charge in [0, 0.05) is 6.07 Å². The van der Waals surface area contributed by atoms with E-state index in [0.717, 1.165) is 7.11 Å². The second-order valence-electron chi connectivity index (χ2n) is 3.18. The van der Waals surface area contributed by atoms with Crippen LogP contribution >= 0.6 is 0 Å². The molecule has 18 heavy (non-hydrogen) atoms. The number of hydrogen-bond acceptors (Lipinski definition) is 6. The quantitative estimate of drug-likeness (QED) is 0.499. The van der Waals surface area contributed by atoms with Crippen LogP contribution in [0.4, 0.5) is 14.6 Å². The zero-order valence-electron chi connectivity index (χ0n) is 9.09. The van der Waals surface area contributed by atoms with Gasteiger partial charge in [-0.25, -0.2) is 8.78 Å². The highest BCUT2D eigenvalue weighted by atomic mass is 19.3. The Hall–Kier alpha value is -2.32. The Morgan fingerprint density at radius 3 is 2.72 bits per heavy atom. The van der Waals surface area contributed by atoms with Crippen LogP contribution in [0.2, 0.25) is 0 Å². The average Bonchev–Trinajstić information content (AvgIpc) is 2.30. The molecular weight excluding hydrogens is 254 g/mol. The van der Waals surface area contributed by atoms with Crippen molar-refractivity contribution in [1.82, 2.24) is 4.98 Å². The number of nitro groups is 1. The predicted molar refractivity (Wildman–Crippen MR) is 53.2 cm³/mol. The molecule has 0 aromatic carbocycles. The van der Waals surface area contributed by atoms with Gasteiger partial charge < -0.3 is 20.0 Å². The van der Waals surface area contributed by atoms with E-state index in [4.69, 9.17) is 0 Å². The molecule has 0 saturated heterocycles. The summed E-state index contributed by atoms with van der Waals surface area (Å²) < 4.78 is 29.2. The first-order valence-electron chi connectivity index (χ1n) is 4.59. The Morgan fingerprint density at radius 2 is 2.28 bits per heavy atom. The first-order chi connectivity index (χ1) is 8.36. The molecule has 0 aliphatic carbocycles. The minimum atomic E-state index is -3.16. The SMILES string of the molecule is COC(=O)Cc1nc([N+](=O)[O-])c(C(F)F)cc1O. The molecule has 98 valence electrons. The lowest BCUT2D eigenvalue weighted by Gasteiger charge is -2.04. The smallest absolute Gasteiger partial charge is 0.372 e.